The number of nitrogens with one attached hydrogen (secondary N) is 1. The molecule has 2 aromatic rings. The summed E-state index contributed by atoms with van der Waals surface area (Å²) in [4.78, 5) is 13.9. The molecule has 172 valence electrons. The van der Waals surface area contributed by atoms with Crippen LogP contribution < -0.4 is 14.4 Å². The third-order valence-corrected chi connectivity index (χ3v) is 7.80. The number of anilines is 1. The van der Waals surface area contributed by atoms with Crippen LogP contribution in [0, 0.1) is 0 Å². The summed E-state index contributed by atoms with van der Waals surface area (Å²) in [5, 5.41) is 2.88. The van der Waals surface area contributed by atoms with Gasteiger partial charge in [-0.15, -0.1) is 11.8 Å². The van der Waals surface area contributed by atoms with E-state index < -0.39 is 10.0 Å². The highest BCUT2D eigenvalue weighted by Gasteiger charge is 2.27. The van der Waals surface area contributed by atoms with E-state index in [4.69, 9.17) is 4.74 Å². The summed E-state index contributed by atoms with van der Waals surface area (Å²) in [7, 11) is -3.93. The molecule has 3 rings (SSSR count). The summed E-state index contributed by atoms with van der Waals surface area (Å²) in [6, 6.07) is 13.4. The first-order valence-corrected chi connectivity index (χ1v) is 13.4. The Labute approximate surface area is 195 Å². The highest BCUT2D eigenvalue weighted by atomic mass is 32.2. The molecule has 1 aliphatic rings. The molecule has 1 amide bonds. The molecule has 0 heterocycles. The van der Waals surface area contributed by atoms with Crippen LogP contribution in [-0.2, 0) is 14.8 Å². The Balaban J connectivity index is 1.84. The summed E-state index contributed by atoms with van der Waals surface area (Å²) in [5.41, 5.74) is 1.61. The molecular weight excluding hydrogens is 444 g/mol. The van der Waals surface area contributed by atoms with E-state index in [-0.39, 0.29) is 17.3 Å². The van der Waals surface area contributed by atoms with Crippen molar-refractivity contribution < 1.29 is 17.9 Å². The molecule has 0 unspecified atom stereocenters. The van der Waals surface area contributed by atoms with Crippen molar-refractivity contribution >= 4 is 33.4 Å². The van der Waals surface area contributed by atoms with Crippen molar-refractivity contribution in [2.24, 2.45) is 0 Å². The van der Waals surface area contributed by atoms with E-state index in [1.165, 1.54) is 23.8 Å². The van der Waals surface area contributed by atoms with Crippen LogP contribution in [0.2, 0.25) is 0 Å². The van der Waals surface area contributed by atoms with Crippen molar-refractivity contribution in [3.8, 4) is 5.75 Å². The van der Waals surface area contributed by atoms with Crippen molar-refractivity contribution in [3.63, 3.8) is 0 Å². The summed E-state index contributed by atoms with van der Waals surface area (Å²) >= 11 is 1.54. The number of hydrogen-bond acceptors (Lipinski definition) is 5. The standard InChI is InChI=1S/C24H30N2O4S2/c1-3-30-21-11-9-20(10-12-21)26(18-24(27)25-17-19-7-5-4-6-8-19)32(28,29)23-15-13-22(31-2)14-16-23/h7,9-16H,3-6,8,17-18H2,1-2H3,(H,25,27). The van der Waals surface area contributed by atoms with Crippen LogP contribution in [0.1, 0.15) is 32.6 Å². The van der Waals surface area contributed by atoms with Gasteiger partial charge in [-0.1, -0.05) is 11.6 Å². The molecule has 2 aromatic carbocycles. The van der Waals surface area contributed by atoms with Crippen LogP contribution in [0.15, 0.2) is 70.0 Å². The molecule has 32 heavy (non-hydrogen) atoms. The van der Waals surface area contributed by atoms with Gasteiger partial charge in [0.25, 0.3) is 10.0 Å². The van der Waals surface area contributed by atoms with E-state index in [2.05, 4.69) is 11.4 Å². The second kappa shape index (κ2) is 11.4. The number of nitrogens with zero attached hydrogens (tertiary/aromatic N) is 1. The molecule has 0 saturated heterocycles. The number of allylic oxidation sites excluding steroid dienone is 1. The molecule has 0 radical (unpaired) electrons. The Kier molecular flexibility index (Phi) is 8.64. The molecule has 1 N–H and O–H groups in total. The third kappa shape index (κ3) is 6.29. The Morgan fingerprint density at radius 1 is 1.09 bits per heavy atom. The fourth-order valence-corrected chi connectivity index (χ4v) is 5.36. The molecule has 0 aliphatic heterocycles. The van der Waals surface area contributed by atoms with E-state index in [0.29, 0.717) is 24.6 Å². The lowest BCUT2D eigenvalue weighted by Crippen LogP contribution is -2.41. The predicted molar refractivity (Wildman–Crippen MR) is 130 cm³/mol. The minimum absolute atomic E-state index is 0.145. The second-order valence-electron chi connectivity index (χ2n) is 7.50. The predicted octanol–water partition coefficient (Wildman–Crippen LogP) is 4.62. The van der Waals surface area contributed by atoms with E-state index in [9.17, 15) is 13.2 Å². The number of ether oxygens (including phenoxy) is 1. The number of amides is 1. The van der Waals surface area contributed by atoms with Gasteiger partial charge < -0.3 is 10.1 Å². The topological polar surface area (TPSA) is 75.7 Å². The van der Waals surface area contributed by atoms with E-state index in [1.54, 1.807) is 48.5 Å². The van der Waals surface area contributed by atoms with Crippen molar-refractivity contribution in [2.45, 2.75) is 42.4 Å². The Bertz CT molecular complexity index is 1030. The Morgan fingerprint density at radius 3 is 2.41 bits per heavy atom. The van der Waals surface area contributed by atoms with Crippen molar-refractivity contribution in [1.82, 2.24) is 5.32 Å². The van der Waals surface area contributed by atoms with Crippen LogP contribution >= 0.6 is 11.8 Å². The molecule has 0 saturated carbocycles. The summed E-state index contributed by atoms with van der Waals surface area (Å²) in [5.74, 6) is 0.307. The van der Waals surface area contributed by atoms with Gasteiger partial charge in [0.1, 0.15) is 12.3 Å². The van der Waals surface area contributed by atoms with Gasteiger partial charge in [-0.25, -0.2) is 8.42 Å². The van der Waals surface area contributed by atoms with Gasteiger partial charge in [0.05, 0.1) is 17.2 Å². The normalized spacial score (nSPS) is 13.9. The van der Waals surface area contributed by atoms with E-state index >= 15 is 0 Å². The number of carbonyl (C=O) groups is 1. The molecule has 0 fully saturated rings. The lowest BCUT2D eigenvalue weighted by Gasteiger charge is -2.24. The summed E-state index contributed by atoms with van der Waals surface area (Å²) in [6.45, 7) is 2.56. The zero-order valence-corrected chi connectivity index (χ0v) is 20.2. The highest BCUT2D eigenvalue weighted by molar-refractivity contribution is 7.98. The zero-order valence-electron chi connectivity index (χ0n) is 18.5. The first-order chi connectivity index (χ1) is 15.4. The van der Waals surface area contributed by atoms with Crippen molar-refractivity contribution in [2.75, 3.05) is 30.3 Å². The SMILES string of the molecule is CCOc1ccc(N(CC(=O)NCC2=CCCCC2)S(=O)(=O)c2ccc(SC)cc2)cc1. The summed E-state index contributed by atoms with van der Waals surface area (Å²) < 4.78 is 33.6. The number of benzene rings is 2. The minimum atomic E-state index is -3.93. The number of thioether (sulfide) groups is 1. The van der Waals surface area contributed by atoms with Gasteiger partial charge in [0.15, 0.2) is 0 Å². The fraction of sp³-hybridized carbons (Fsp3) is 0.375. The molecule has 0 atom stereocenters. The fourth-order valence-electron chi connectivity index (χ4n) is 3.53. The van der Waals surface area contributed by atoms with Gasteiger partial charge in [0, 0.05) is 11.4 Å². The van der Waals surface area contributed by atoms with Crippen LogP contribution in [0.3, 0.4) is 0 Å². The average Bonchev–Trinajstić information content (AvgIpc) is 2.82. The third-order valence-electron chi connectivity index (χ3n) is 5.27. The lowest BCUT2D eigenvalue weighted by molar-refractivity contribution is -0.119. The lowest BCUT2D eigenvalue weighted by atomic mass is 10.00. The van der Waals surface area contributed by atoms with Gasteiger partial charge >= 0.3 is 0 Å². The Morgan fingerprint density at radius 2 is 1.81 bits per heavy atom. The smallest absolute Gasteiger partial charge is 0.264 e. The average molecular weight is 475 g/mol. The maximum Gasteiger partial charge on any atom is 0.264 e. The van der Waals surface area contributed by atoms with Crippen LogP contribution in [0.25, 0.3) is 0 Å². The number of rotatable bonds is 10. The van der Waals surface area contributed by atoms with E-state index in [1.807, 2.05) is 13.2 Å². The first-order valence-electron chi connectivity index (χ1n) is 10.8. The van der Waals surface area contributed by atoms with Crippen LogP contribution in [0.4, 0.5) is 5.69 Å². The van der Waals surface area contributed by atoms with Gasteiger partial charge in [-0.3, -0.25) is 9.10 Å². The minimum Gasteiger partial charge on any atom is -0.494 e. The maximum absolute atomic E-state index is 13.5. The van der Waals surface area contributed by atoms with Crippen molar-refractivity contribution in [3.05, 3.63) is 60.2 Å². The second-order valence-corrected chi connectivity index (χ2v) is 10.2. The zero-order chi connectivity index (χ0) is 23.0. The number of hydrogen-bond donors (Lipinski definition) is 1. The molecule has 1 aliphatic carbocycles. The molecule has 0 aromatic heterocycles. The monoisotopic (exact) mass is 474 g/mol. The maximum atomic E-state index is 13.5. The van der Waals surface area contributed by atoms with E-state index in [0.717, 1.165) is 28.5 Å². The highest BCUT2D eigenvalue weighted by Crippen LogP contribution is 2.27. The van der Waals surface area contributed by atoms with Gasteiger partial charge in [0.2, 0.25) is 5.91 Å². The van der Waals surface area contributed by atoms with Crippen LogP contribution in [0.5, 0.6) is 5.75 Å². The molecule has 0 bridgehead atoms. The number of carbonyl (C=O) groups excluding carboxylic acids is 1. The first kappa shape index (κ1) is 24.2. The molecular formula is C24H30N2O4S2. The quantitative estimate of drug-likeness (QED) is 0.402. The van der Waals surface area contributed by atoms with Crippen LogP contribution in [-0.4, -0.2) is 40.3 Å². The van der Waals surface area contributed by atoms with Gasteiger partial charge in [-0.2, -0.15) is 0 Å². The largest absolute Gasteiger partial charge is 0.494 e. The molecule has 0 spiro atoms. The number of sulfonamides is 1. The Hall–Kier alpha value is -2.45. The summed E-state index contributed by atoms with van der Waals surface area (Å²) in [6.07, 6.45) is 8.41. The molecule has 8 heteroatoms. The van der Waals surface area contributed by atoms with Crippen molar-refractivity contribution in [1.29, 1.82) is 0 Å². The van der Waals surface area contributed by atoms with Gasteiger partial charge in [-0.05, 0) is 87.4 Å². The molecule has 6 nitrogen and oxygen atoms in total.